The highest BCUT2D eigenvalue weighted by molar-refractivity contribution is 9.10. The number of halogens is 2. The van der Waals surface area contributed by atoms with Crippen LogP contribution in [0.3, 0.4) is 0 Å². The first kappa shape index (κ1) is 18.5. The Morgan fingerprint density at radius 1 is 1.12 bits per heavy atom. The van der Waals surface area contributed by atoms with E-state index in [0.717, 1.165) is 17.3 Å². The van der Waals surface area contributed by atoms with Gasteiger partial charge in [0.1, 0.15) is 11.6 Å². The molecule has 0 unspecified atom stereocenters. The first-order valence-electron chi connectivity index (χ1n) is 8.09. The van der Waals surface area contributed by atoms with Gasteiger partial charge in [-0.05, 0) is 48.9 Å². The van der Waals surface area contributed by atoms with Gasteiger partial charge in [0, 0.05) is 10.2 Å². The molecule has 2 aromatic rings. The van der Waals surface area contributed by atoms with Crippen LogP contribution in [0.15, 0.2) is 46.9 Å². The SMILES string of the molecule is CCCCCCOc1ccc(Br)cc1C(=O)Nc1ccc(F)cc1. The fraction of sp³-hybridized carbons (Fsp3) is 0.316. The second-order valence-corrected chi connectivity index (χ2v) is 6.43. The fourth-order valence-corrected chi connectivity index (χ4v) is 2.61. The molecule has 24 heavy (non-hydrogen) atoms. The molecule has 2 aromatic carbocycles. The molecule has 0 spiro atoms. The lowest BCUT2D eigenvalue weighted by Crippen LogP contribution is -2.14. The number of carbonyl (C=O) groups excluding carboxylic acids is 1. The van der Waals surface area contributed by atoms with Crippen molar-refractivity contribution in [3.63, 3.8) is 0 Å². The van der Waals surface area contributed by atoms with Crippen LogP contribution in [0.5, 0.6) is 5.75 Å². The van der Waals surface area contributed by atoms with E-state index in [1.54, 1.807) is 12.1 Å². The van der Waals surface area contributed by atoms with E-state index in [-0.39, 0.29) is 11.7 Å². The molecule has 2 rings (SSSR count). The van der Waals surface area contributed by atoms with Gasteiger partial charge in [0.25, 0.3) is 5.91 Å². The molecule has 1 N–H and O–H groups in total. The maximum absolute atomic E-state index is 13.0. The Hall–Kier alpha value is -1.88. The third-order valence-electron chi connectivity index (χ3n) is 3.54. The molecular weight excluding hydrogens is 373 g/mol. The molecule has 0 aromatic heterocycles. The van der Waals surface area contributed by atoms with Crippen molar-refractivity contribution in [1.29, 1.82) is 0 Å². The minimum Gasteiger partial charge on any atom is -0.493 e. The number of unbranched alkanes of at least 4 members (excludes halogenated alkanes) is 3. The zero-order chi connectivity index (χ0) is 17.4. The first-order chi connectivity index (χ1) is 11.6. The summed E-state index contributed by atoms with van der Waals surface area (Å²) in [6.07, 6.45) is 4.43. The molecule has 0 saturated heterocycles. The summed E-state index contributed by atoms with van der Waals surface area (Å²) in [7, 11) is 0. The lowest BCUT2D eigenvalue weighted by Gasteiger charge is -2.12. The molecule has 0 saturated carbocycles. The van der Waals surface area contributed by atoms with Crippen LogP contribution in [-0.4, -0.2) is 12.5 Å². The van der Waals surface area contributed by atoms with Crippen LogP contribution in [0.4, 0.5) is 10.1 Å². The van der Waals surface area contributed by atoms with E-state index in [9.17, 15) is 9.18 Å². The van der Waals surface area contributed by atoms with E-state index in [0.29, 0.717) is 23.6 Å². The van der Waals surface area contributed by atoms with Crippen LogP contribution >= 0.6 is 15.9 Å². The van der Waals surface area contributed by atoms with E-state index >= 15 is 0 Å². The van der Waals surface area contributed by atoms with Crippen LogP contribution in [0.25, 0.3) is 0 Å². The molecule has 0 fully saturated rings. The number of nitrogens with one attached hydrogen (secondary N) is 1. The van der Waals surface area contributed by atoms with Gasteiger partial charge in [0.05, 0.1) is 12.2 Å². The second kappa shape index (κ2) is 9.42. The minimum absolute atomic E-state index is 0.286. The molecule has 5 heteroatoms. The van der Waals surface area contributed by atoms with Crippen molar-refractivity contribution >= 4 is 27.5 Å². The van der Waals surface area contributed by atoms with Crippen molar-refractivity contribution in [3.05, 3.63) is 58.3 Å². The Bertz CT molecular complexity index is 674. The van der Waals surface area contributed by atoms with Crippen molar-refractivity contribution < 1.29 is 13.9 Å². The topological polar surface area (TPSA) is 38.3 Å². The third kappa shape index (κ3) is 5.64. The van der Waals surface area contributed by atoms with Gasteiger partial charge in [0.2, 0.25) is 0 Å². The van der Waals surface area contributed by atoms with Gasteiger partial charge in [-0.2, -0.15) is 0 Å². The summed E-state index contributed by atoms with van der Waals surface area (Å²) in [5, 5.41) is 2.76. The van der Waals surface area contributed by atoms with Crippen molar-refractivity contribution in [2.75, 3.05) is 11.9 Å². The molecule has 0 bridgehead atoms. The Morgan fingerprint density at radius 3 is 2.58 bits per heavy atom. The second-order valence-electron chi connectivity index (χ2n) is 5.51. The maximum Gasteiger partial charge on any atom is 0.259 e. The number of benzene rings is 2. The Labute approximate surface area is 150 Å². The van der Waals surface area contributed by atoms with Gasteiger partial charge in [0.15, 0.2) is 0 Å². The summed E-state index contributed by atoms with van der Waals surface area (Å²) < 4.78 is 19.5. The number of hydrogen-bond donors (Lipinski definition) is 1. The predicted molar refractivity (Wildman–Crippen MR) is 98.1 cm³/mol. The van der Waals surface area contributed by atoms with Crippen molar-refractivity contribution in [3.8, 4) is 5.75 Å². The van der Waals surface area contributed by atoms with E-state index < -0.39 is 0 Å². The van der Waals surface area contributed by atoms with Crippen molar-refractivity contribution in [1.82, 2.24) is 0 Å². The highest BCUT2D eigenvalue weighted by Crippen LogP contribution is 2.25. The van der Waals surface area contributed by atoms with Gasteiger partial charge in [-0.15, -0.1) is 0 Å². The number of hydrogen-bond acceptors (Lipinski definition) is 2. The Balaban J connectivity index is 2.05. The summed E-state index contributed by atoms with van der Waals surface area (Å²) in [4.78, 5) is 12.5. The first-order valence-corrected chi connectivity index (χ1v) is 8.88. The number of carbonyl (C=O) groups is 1. The van der Waals surface area contributed by atoms with E-state index in [1.807, 2.05) is 6.07 Å². The van der Waals surface area contributed by atoms with Crippen LogP contribution in [0, 0.1) is 5.82 Å². The van der Waals surface area contributed by atoms with Crippen LogP contribution in [0.1, 0.15) is 43.0 Å². The molecular formula is C19H21BrFNO2. The van der Waals surface area contributed by atoms with Crippen LogP contribution in [-0.2, 0) is 0 Å². The van der Waals surface area contributed by atoms with Gasteiger partial charge < -0.3 is 10.1 Å². The van der Waals surface area contributed by atoms with Gasteiger partial charge in [-0.3, -0.25) is 4.79 Å². The number of rotatable bonds is 8. The van der Waals surface area contributed by atoms with Gasteiger partial charge in [-0.25, -0.2) is 4.39 Å². The van der Waals surface area contributed by atoms with Crippen LogP contribution < -0.4 is 10.1 Å². The number of amides is 1. The molecule has 0 aliphatic carbocycles. The lowest BCUT2D eigenvalue weighted by molar-refractivity contribution is 0.102. The molecule has 0 heterocycles. The summed E-state index contributed by atoms with van der Waals surface area (Å²) in [6.45, 7) is 2.74. The largest absolute Gasteiger partial charge is 0.493 e. The van der Waals surface area contributed by atoms with E-state index in [2.05, 4.69) is 28.2 Å². The number of ether oxygens (including phenoxy) is 1. The molecule has 1 amide bonds. The van der Waals surface area contributed by atoms with Crippen molar-refractivity contribution in [2.24, 2.45) is 0 Å². The van der Waals surface area contributed by atoms with Crippen LogP contribution in [0.2, 0.25) is 0 Å². The van der Waals surface area contributed by atoms with Gasteiger partial charge in [-0.1, -0.05) is 42.1 Å². The molecule has 0 aliphatic heterocycles. The maximum atomic E-state index is 13.0. The average molecular weight is 394 g/mol. The lowest BCUT2D eigenvalue weighted by atomic mass is 10.1. The summed E-state index contributed by atoms with van der Waals surface area (Å²) in [6, 6.07) is 11.0. The van der Waals surface area contributed by atoms with E-state index in [1.165, 1.54) is 37.1 Å². The summed E-state index contributed by atoms with van der Waals surface area (Å²) in [5.41, 5.74) is 0.986. The molecule has 128 valence electrons. The molecule has 0 atom stereocenters. The summed E-state index contributed by atoms with van der Waals surface area (Å²) in [5.74, 6) is -0.0765. The normalized spacial score (nSPS) is 10.5. The predicted octanol–water partition coefficient (Wildman–Crippen LogP) is 5.80. The van der Waals surface area contributed by atoms with Crippen molar-refractivity contribution in [2.45, 2.75) is 32.6 Å². The van der Waals surface area contributed by atoms with E-state index in [4.69, 9.17) is 4.74 Å². The molecule has 0 radical (unpaired) electrons. The average Bonchev–Trinajstić information content (AvgIpc) is 2.58. The molecule has 3 nitrogen and oxygen atoms in total. The smallest absolute Gasteiger partial charge is 0.259 e. The monoisotopic (exact) mass is 393 g/mol. The quantitative estimate of drug-likeness (QED) is 0.575. The minimum atomic E-state index is -0.341. The highest BCUT2D eigenvalue weighted by atomic mass is 79.9. The fourth-order valence-electron chi connectivity index (χ4n) is 2.25. The Morgan fingerprint density at radius 2 is 1.88 bits per heavy atom. The summed E-state index contributed by atoms with van der Waals surface area (Å²) >= 11 is 3.38. The third-order valence-corrected chi connectivity index (χ3v) is 4.04. The standard InChI is InChI=1S/C19H21BrFNO2/c1-2-3-4-5-12-24-18-11-6-14(20)13-17(18)19(23)22-16-9-7-15(21)8-10-16/h6-11,13H,2-5,12H2,1H3,(H,22,23). The zero-order valence-corrected chi connectivity index (χ0v) is 15.2. The number of anilines is 1. The van der Waals surface area contributed by atoms with Gasteiger partial charge >= 0.3 is 0 Å². The molecule has 0 aliphatic rings. The Kier molecular flexibility index (Phi) is 7.25. The highest BCUT2D eigenvalue weighted by Gasteiger charge is 2.14. The zero-order valence-electron chi connectivity index (χ0n) is 13.6.